The van der Waals surface area contributed by atoms with Crippen LogP contribution in [0.4, 0.5) is 10.5 Å². The van der Waals surface area contributed by atoms with Crippen LogP contribution in [-0.2, 0) is 14.3 Å². The van der Waals surface area contributed by atoms with Crippen LogP contribution in [0, 0.1) is 25.7 Å². The van der Waals surface area contributed by atoms with E-state index in [0.29, 0.717) is 12.1 Å². The van der Waals surface area contributed by atoms with E-state index < -0.39 is 23.8 Å². The minimum Gasteiger partial charge on any atom is -0.444 e. The topological polar surface area (TPSA) is 87.7 Å². The minimum atomic E-state index is -0.884. The summed E-state index contributed by atoms with van der Waals surface area (Å²) in [6.45, 7) is 15.3. The Labute approximate surface area is 250 Å². The average Bonchev–Trinajstić information content (AvgIpc) is 3.65. The average molecular weight is 572 g/mol. The molecular formula is C35H45N3O4. The first-order chi connectivity index (χ1) is 19.8. The molecule has 1 saturated carbocycles. The van der Waals surface area contributed by atoms with Gasteiger partial charge in [0, 0.05) is 11.7 Å². The molecule has 5 atom stereocenters. The van der Waals surface area contributed by atoms with Crippen molar-refractivity contribution < 1.29 is 19.1 Å². The van der Waals surface area contributed by atoms with Crippen LogP contribution in [0.15, 0.2) is 60.7 Å². The van der Waals surface area contributed by atoms with Crippen LogP contribution in [0.2, 0.25) is 0 Å². The second kappa shape index (κ2) is 12.6. The van der Waals surface area contributed by atoms with Gasteiger partial charge >= 0.3 is 6.09 Å². The van der Waals surface area contributed by atoms with Crippen molar-refractivity contribution in [1.29, 1.82) is 0 Å². The van der Waals surface area contributed by atoms with E-state index in [1.54, 1.807) is 25.7 Å². The summed E-state index contributed by atoms with van der Waals surface area (Å²) in [5.41, 5.74) is 2.65. The van der Waals surface area contributed by atoms with Gasteiger partial charge in [-0.05, 0) is 86.9 Å². The predicted octanol–water partition coefficient (Wildman–Crippen LogP) is 7.31. The zero-order chi connectivity index (χ0) is 30.8. The summed E-state index contributed by atoms with van der Waals surface area (Å²) in [6.07, 6.45) is 0.808. The Bertz CT molecular complexity index is 1460. The number of amides is 3. The summed E-state index contributed by atoms with van der Waals surface area (Å²) in [4.78, 5) is 43.6. The van der Waals surface area contributed by atoms with Crippen molar-refractivity contribution in [2.75, 3.05) is 5.32 Å². The number of carbonyl (C=O) groups excluding carboxylic acids is 3. The number of fused-ring (bicyclic) bond motifs is 1. The Morgan fingerprint density at radius 1 is 1.00 bits per heavy atom. The van der Waals surface area contributed by atoms with Crippen molar-refractivity contribution in [3.05, 3.63) is 77.4 Å². The number of aryl methyl sites for hydroxylation is 2. The van der Waals surface area contributed by atoms with Gasteiger partial charge < -0.3 is 20.3 Å². The predicted molar refractivity (Wildman–Crippen MR) is 168 cm³/mol. The number of rotatable bonds is 9. The zero-order valence-corrected chi connectivity index (χ0v) is 26.2. The summed E-state index contributed by atoms with van der Waals surface area (Å²) in [5.74, 6) is -0.505. The van der Waals surface area contributed by atoms with Crippen LogP contribution in [0.1, 0.15) is 77.1 Å². The molecular weight excluding hydrogens is 526 g/mol. The Kier molecular flexibility index (Phi) is 9.29. The first-order valence-electron chi connectivity index (χ1n) is 15.0. The number of benzene rings is 3. The summed E-state index contributed by atoms with van der Waals surface area (Å²) in [5, 5.41) is 8.07. The highest BCUT2D eigenvalue weighted by Crippen LogP contribution is 2.42. The van der Waals surface area contributed by atoms with Crippen molar-refractivity contribution in [2.45, 2.75) is 92.0 Å². The molecule has 3 amide bonds. The van der Waals surface area contributed by atoms with Crippen molar-refractivity contribution in [3.8, 4) is 0 Å². The maximum Gasteiger partial charge on any atom is 0.408 e. The number of anilines is 1. The minimum absolute atomic E-state index is 0.128. The zero-order valence-electron chi connectivity index (χ0n) is 26.2. The summed E-state index contributed by atoms with van der Waals surface area (Å²) >= 11 is 0. The molecule has 1 aliphatic rings. The van der Waals surface area contributed by atoms with E-state index in [2.05, 4.69) is 17.6 Å². The molecule has 5 unspecified atom stereocenters. The van der Waals surface area contributed by atoms with Crippen LogP contribution in [-0.4, -0.2) is 40.5 Å². The lowest BCUT2D eigenvalue weighted by molar-refractivity contribution is -0.142. The Balaban J connectivity index is 1.77. The molecule has 0 saturated heterocycles. The number of nitrogens with one attached hydrogen (secondary N) is 2. The standard InChI is InChI=1S/C35H45N3O4/c1-9-22(3)30(37-34(41)42-35(6,7)8)33(40)38(29-19-24(29)5)31(28-18-21(2)14-15-23(28)4)32(39)36-27-17-16-25-12-10-11-13-26(25)20-27/h10-18,20,22,24,29-31H,9,19H2,1-8H3,(H,36,39)(H,37,41). The number of carbonyl (C=O) groups is 3. The van der Waals surface area contributed by atoms with Gasteiger partial charge in [-0.2, -0.15) is 0 Å². The first-order valence-corrected chi connectivity index (χ1v) is 15.0. The van der Waals surface area contributed by atoms with Gasteiger partial charge in [0.25, 0.3) is 5.91 Å². The largest absolute Gasteiger partial charge is 0.444 e. The molecule has 0 heterocycles. The van der Waals surface area contributed by atoms with Gasteiger partial charge in [-0.15, -0.1) is 0 Å². The van der Waals surface area contributed by atoms with Gasteiger partial charge in [-0.25, -0.2) is 4.79 Å². The third-order valence-electron chi connectivity index (χ3n) is 8.10. The number of ether oxygens (including phenoxy) is 1. The van der Waals surface area contributed by atoms with Gasteiger partial charge in [0.05, 0.1) is 0 Å². The molecule has 1 aliphatic carbocycles. The van der Waals surface area contributed by atoms with Gasteiger partial charge in [0.15, 0.2) is 0 Å². The maximum absolute atomic E-state index is 14.6. The molecule has 3 aromatic rings. The molecule has 2 N–H and O–H groups in total. The highest BCUT2D eigenvalue weighted by Gasteiger charge is 2.49. The van der Waals surface area contributed by atoms with E-state index in [1.165, 1.54) is 0 Å². The number of hydrogen-bond donors (Lipinski definition) is 2. The van der Waals surface area contributed by atoms with Crippen molar-refractivity contribution in [3.63, 3.8) is 0 Å². The van der Waals surface area contributed by atoms with Crippen LogP contribution >= 0.6 is 0 Å². The molecule has 3 aromatic carbocycles. The van der Waals surface area contributed by atoms with Crippen LogP contribution in [0.3, 0.4) is 0 Å². The molecule has 0 radical (unpaired) electrons. The second-order valence-electron chi connectivity index (χ2n) is 12.8. The van der Waals surface area contributed by atoms with Gasteiger partial charge in [0.1, 0.15) is 17.7 Å². The van der Waals surface area contributed by atoms with Crippen LogP contribution in [0.25, 0.3) is 10.8 Å². The van der Waals surface area contributed by atoms with Crippen LogP contribution < -0.4 is 10.6 Å². The monoisotopic (exact) mass is 571 g/mol. The quantitative estimate of drug-likeness (QED) is 0.282. The molecule has 42 heavy (non-hydrogen) atoms. The molecule has 0 aromatic heterocycles. The molecule has 4 rings (SSSR count). The van der Waals surface area contributed by atoms with Crippen LogP contribution in [0.5, 0.6) is 0 Å². The molecule has 224 valence electrons. The van der Waals surface area contributed by atoms with Gasteiger partial charge in [-0.3, -0.25) is 9.59 Å². The van der Waals surface area contributed by atoms with E-state index in [9.17, 15) is 14.4 Å². The van der Waals surface area contributed by atoms with E-state index in [1.807, 2.05) is 88.4 Å². The van der Waals surface area contributed by atoms with Gasteiger partial charge in [-0.1, -0.05) is 81.3 Å². The second-order valence-corrected chi connectivity index (χ2v) is 12.8. The third-order valence-corrected chi connectivity index (χ3v) is 8.10. The maximum atomic E-state index is 14.6. The fourth-order valence-electron chi connectivity index (χ4n) is 5.40. The molecule has 0 bridgehead atoms. The van der Waals surface area contributed by atoms with Crippen molar-refractivity contribution in [1.82, 2.24) is 10.2 Å². The normalized spacial score (nSPS) is 18.5. The molecule has 7 nitrogen and oxygen atoms in total. The Hall–Kier alpha value is -3.87. The number of alkyl carbamates (subject to hydrolysis) is 1. The fraction of sp³-hybridized carbons (Fsp3) is 0.457. The third kappa shape index (κ3) is 7.30. The van der Waals surface area contributed by atoms with E-state index in [-0.39, 0.29) is 29.7 Å². The smallest absolute Gasteiger partial charge is 0.408 e. The summed E-state index contributed by atoms with van der Waals surface area (Å²) in [7, 11) is 0. The Morgan fingerprint density at radius 2 is 1.67 bits per heavy atom. The number of nitrogens with zero attached hydrogens (tertiary/aromatic N) is 1. The van der Waals surface area contributed by atoms with E-state index in [0.717, 1.165) is 33.9 Å². The highest BCUT2D eigenvalue weighted by atomic mass is 16.6. The summed E-state index contributed by atoms with van der Waals surface area (Å²) < 4.78 is 5.53. The molecule has 0 aliphatic heterocycles. The van der Waals surface area contributed by atoms with Crippen molar-refractivity contribution in [2.24, 2.45) is 11.8 Å². The molecule has 0 spiro atoms. The first kappa shape index (κ1) is 31.1. The van der Waals surface area contributed by atoms with E-state index >= 15 is 0 Å². The molecule has 7 heteroatoms. The highest BCUT2D eigenvalue weighted by molar-refractivity contribution is 6.01. The Morgan fingerprint density at radius 3 is 2.29 bits per heavy atom. The lowest BCUT2D eigenvalue weighted by Gasteiger charge is -2.37. The fourth-order valence-corrected chi connectivity index (χ4v) is 5.40. The lowest BCUT2D eigenvalue weighted by atomic mass is 9.93. The number of hydrogen-bond acceptors (Lipinski definition) is 4. The summed E-state index contributed by atoms with van der Waals surface area (Å²) in [6, 6.07) is 17.9. The SMILES string of the molecule is CCC(C)C(NC(=O)OC(C)(C)C)C(=O)N(C(C(=O)Nc1ccc2ccccc2c1)c1cc(C)ccc1C)C1CC1C. The molecule has 1 fully saturated rings. The van der Waals surface area contributed by atoms with Crippen molar-refractivity contribution >= 4 is 34.4 Å². The lowest BCUT2D eigenvalue weighted by Crippen LogP contribution is -2.55. The van der Waals surface area contributed by atoms with E-state index in [4.69, 9.17) is 4.74 Å². The van der Waals surface area contributed by atoms with Gasteiger partial charge in [0.2, 0.25) is 5.91 Å².